The van der Waals surface area contributed by atoms with E-state index in [4.69, 9.17) is 23.2 Å². The van der Waals surface area contributed by atoms with Gasteiger partial charge in [0.15, 0.2) is 0 Å². The van der Waals surface area contributed by atoms with Gasteiger partial charge in [0.25, 0.3) is 0 Å². The molecule has 0 saturated heterocycles. The van der Waals surface area contributed by atoms with Crippen molar-refractivity contribution in [1.82, 2.24) is 10.2 Å². The van der Waals surface area contributed by atoms with E-state index >= 15 is 0 Å². The summed E-state index contributed by atoms with van der Waals surface area (Å²) in [6, 6.07) is 4.73. The number of rotatable bonds is 8. The van der Waals surface area contributed by atoms with Crippen LogP contribution in [0.1, 0.15) is 52.5 Å². The van der Waals surface area contributed by atoms with E-state index in [9.17, 15) is 9.59 Å². The summed E-state index contributed by atoms with van der Waals surface area (Å²) in [5.74, 6) is -0.203. The molecule has 0 unspecified atom stereocenters. The maximum Gasteiger partial charge on any atom is 0.243 e. The Hall–Kier alpha value is -1.26. The van der Waals surface area contributed by atoms with Gasteiger partial charge in [-0.05, 0) is 37.5 Å². The molecule has 1 aromatic rings. The smallest absolute Gasteiger partial charge is 0.243 e. The van der Waals surface area contributed by atoms with Crippen LogP contribution in [0.3, 0.4) is 0 Å². The van der Waals surface area contributed by atoms with Crippen molar-refractivity contribution >= 4 is 35.0 Å². The summed E-state index contributed by atoms with van der Waals surface area (Å²) in [6.07, 6.45) is 1.71. The van der Waals surface area contributed by atoms with Crippen molar-refractivity contribution in [3.05, 3.63) is 33.8 Å². The van der Waals surface area contributed by atoms with Gasteiger partial charge >= 0.3 is 0 Å². The molecule has 2 amide bonds. The van der Waals surface area contributed by atoms with Crippen molar-refractivity contribution in [2.24, 2.45) is 0 Å². The zero-order valence-corrected chi connectivity index (χ0v) is 16.2. The van der Waals surface area contributed by atoms with Crippen LogP contribution in [0.2, 0.25) is 10.0 Å². The van der Waals surface area contributed by atoms with E-state index in [0.29, 0.717) is 22.9 Å². The average molecular weight is 373 g/mol. The van der Waals surface area contributed by atoms with Crippen LogP contribution in [0, 0.1) is 0 Å². The normalized spacial score (nSPS) is 13.2. The lowest BCUT2D eigenvalue weighted by Gasteiger charge is -2.31. The zero-order valence-electron chi connectivity index (χ0n) is 14.7. The van der Waals surface area contributed by atoms with E-state index in [0.717, 1.165) is 12.0 Å². The highest BCUT2D eigenvalue weighted by Crippen LogP contribution is 2.24. The van der Waals surface area contributed by atoms with Crippen LogP contribution in [-0.2, 0) is 16.1 Å². The standard InChI is InChI=1S/C18H26Cl2N2O2/c1-5-12(4)21-18(24)16(6-2)22(17(23)7-3)11-13-8-9-14(19)10-15(13)20/h8-10,12,16H,5-7,11H2,1-4H3,(H,21,24)/t12-,16-/m1/s1. The summed E-state index contributed by atoms with van der Waals surface area (Å²) < 4.78 is 0. The van der Waals surface area contributed by atoms with Crippen LogP contribution in [0.25, 0.3) is 0 Å². The summed E-state index contributed by atoms with van der Waals surface area (Å²) >= 11 is 12.2. The fourth-order valence-electron chi connectivity index (χ4n) is 2.40. The Labute approximate surface area is 154 Å². The third-order valence-electron chi connectivity index (χ3n) is 4.05. The van der Waals surface area contributed by atoms with Crippen molar-refractivity contribution in [3.8, 4) is 0 Å². The Morgan fingerprint density at radius 2 is 1.83 bits per heavy atom. The van der Waals surface area contributed by atoms with Crippen molar-refractivity contribution in [2.45, 2.75) is 65.6 Å². The minimum absolute atomic E-state index is 0.0734. The number of hydrogen-bond donors (Lipinski definition) is 1. The summed E-state index contributed by atoms with van der Waals surface area (Å²) in [4.78, 5) is 26.6. The van der Waals surface area contributed by atoms with Gasteiger partial charge in [-0.25, -0.2) is 0 Å². The Kier molecular flexibility index (Phi) is 8.57. The van der Waals surface area contributed by atoms with Crippen LogP contribution in [0.15, 0.2) is 18.2 Å². The molecular weight excluding hydrogens is 347 g/mol. The van der Waals surface area contributed by atoms with E-state index in [2.05, 4.69) is 5.32 Å². The van der Waals surface area contributed by atoms with Crippen LogP contribution < -0.4 is 5.32 Å². The predicted molar refractivity (Wildman–Crippen MR) is 99.3 cm³/mol. The molecule has 1 rings (SSSR count). The summed E-state index contributed by atoms with van der Waals surface area (Å²) in [5.41, 5.74) is 0.776. The Bertz CT molecular complexity index is 578. The largest absolute Gasteiger partial charge is 0.352 e. The molecule has 24 heavy (non-hydrogen) atoms. The van der Waals surface area contributed by atoms with Gasteiger partial charge in [-0.15, -0.1) is 0 Å². The van der Waals surface area contributed by atoms with Gasteiger partial charge in [0, 0.05) is 29.1 Å². The molecule has 0 saturated carbocycles. The molecule has 4 nitrogen and oxygen atoms in total. The summed E-state index contributed by atoms with van der Waals surface area (Å²) in [7, 11) is 0. The maximum absolute atomic E-state index is 12.6. The van der Waals surface area contributed by atoms with Crippen LogP contribution in [0.5, 0.6) is 0 Å². The molecule has 0 bridgehead atoms. The lowest BCUT2D eigenvalue weighted by molar-refractivity contribution is -0.141. The number of nitrogens with one attached hydrogen (secondary N) is 1. The van der Waals surface area contributed by atoms with E-state index in [-0.39, 0.29) is 24.4 Å². The number of carbonyl (C=O) groups excluding carboxylic acids is 2. The lowest BCUT2D eigenvalue weighted by atomic mass is 10.1. The zero-order chi connectivity index (χ0) is 18.3. The number of halogens is 2. The van der Waals surface area contributed by atoms with Gasteiger partial charge < -0.3 is 10.2 Å². The van der Waals surface area contributed by atoms with Crippen LogP contribution in [0.4, 0.5) is 0 Å². The van der Waals surface area contributed by atoms with Crippen LogP contribution in [-0.4, -0.2) is 28.8 Å². The van der Waals surface area contributed by atoms with Gasteiger partial charge in [0.05, 0.1) is 0 Å². The number of amides is 2. The van der Waals surface area contributed by atoms with Gasteiger partial charge in [-0.3, -0.25) is 9.59 Å². The molecule has 1 aromatic carbocycles. The van der Waals surface area contributed by atoms with E-state index in [1.807, 2.05) is 20.8 Å². The van der Waals surface area contributed by atoms with Gasteiger partial charge in [0.2, 0.25) is 11.8 Å². The second-order valence-corrected chi connectivity index (χ2v) is 6.70. The molecule has 1 N–H and O–H groups in total. The topological polar surface area (TPSA) is 49.4 Å². The third kappa shape index (κ3) is 5.67. The second kappa shape index (κ2) is 9.90. The molecule has 0 aromatic heterocycles. The Balaban J connectivity index is 3.05. The second-order valence-electron chi connectivity index (χ2n) is 5.85. The first kappa shape index (κ1) is 20.8. The first-order valence-electron chi connectivity index (χ1n) is 8.37. The average Bonchev–Trinajstić information content (AvgIpc) is 2.55. The summed E-state index contributed by atoms with van der Waals surface area (Å²) in [5, 5.41) is 4.00. The number of hydrogen-bond acceptors (Lipinski definition) is 2. The van der Waals surface area contributed by atoms with Gasteiger partial charge in [-0.1, -0.05) is 50.0 Å². The molecule has 134 valence electrons. The highest BCUT2D eigenvalue weighted by molar-refractivity contribution is 6.35. The van der Waals surface area contributed by atoms with Crippen molar-refractivity contribution in [3.63, 3.8) is 0 Å². The van der Waals surface area contributed by atoms with Crippen molar-refractivity contribution < 1.29 is 9.59 Å². The molecule has 6 heteroatoms. The molecule has 0 heterocycles. The molecule has 0 spiro atoms. The van der Waals surface area contributed by atoms with Gasteiger partial charge in [0.1, 0.15) is 6.04 Å². The molecule has 2 atom stereocenters. The summed E-state index contributed by atoms with van der Waals surface area (Å²) in [6.45, 7) is 7.94. The number of benzene rings is 1. The van der Waals surface area contributed by atoms with Crippen molar-refractivity contribution in [2.75, 3.05) is 0 Å². The minimum atomic E-state index is -0.516. The molecule has 0 radical (unpaired) electrons. The third-order valence-corrected chi connectivity index (χ3v) is 4.63. The highest BCUT2D eigenvalue weighted by atomic mass is 35.5. The van der Waals surface area contributed by atoms with Crippen molar-refractivity contribution in [1.29, 1.82) is 0 Å². The predicted octanol–water partition coefficient (Wildman–Crippen LogP) is 4.43. The highest BCUT2D eigenvalue weighted by Gasteiger charge is 2.28. The first-order valence-corrected chi connectivity index (χ1v) is 9.13. The number of carbonyl (C=O) groups is 2. The molecule has 0 fully saturated rings. The SMILES string of the molecule is CCC(=O)N(Cc1ccc(Cl)cc1Cl)[C@H](CC)C(=O)N[C@H](C)CC. The molecule has 0 aliphatic rings. The fraction of sp³-hybridized carbons (Fsp3) is 0.556. The quantitative estimate of drug-likeness (QED) is 0.733. The molecular formula is C18H26Cl2N2O2. The monoisotopic (exact) mass is 372 g/mol. The van der Waals surface area contributed by atoms with Crippen LogP contribution >= 0.6 is 23.2 Å². The lowest BCUT2D eigenvalue weighted by Crippen LogP contribution is -2.50. The molecule has 0 aliphatic carbocycles. The first-order chi connectivity index (χ1) is 11.3. The Morgan fingerprint density at radius 1 is 1.17 bits per heavy atom. The molecule has 0 aliphatic heterocycles. The Morgan fingerprint density at radius 3 is 2.33 bits per heavy atom. The maximum atomic E-state index is 12.6. The van der Waals surface area contributed by atoms with E-state index in [1.54, 1.807) is 30.0 Å². The van der Waals surface area contributed by atoms with Gasteiger partial charge in [-0.2, -0.15) is 0 Å². The fourth-order valence-corrected chi connectivity index (χ4v) is 2.87. The minimum Gasteiger partial charge on any atom is -0.352 e. The van der Waals surface area contributed by atoms with E-state index in [1.165, 1.54) is 0 Å². The number of nitrogens with zero attached hydrogens (tertiary/aromatic N) is 1. The van der Waals surface area contributed by atoms with E-state index < -0.39 is 6.04 Å².